The summed E-state index contributed by atoms with van der Waals surface area (Å²) in [6.45, 7) is 2.17. The van der Waals surface area contributed by atoms with Crippen molar-refractivity contribution in [3.8, 4) is 28.1 Å². The van der Waals surface area contributed by atoms with E-state index >= 15 is 0 Å². The second-order valence-corrected chi connectivity index (χ2v) is 8.22. The molecule has 4 heterocycles. The molecule has 0 saturated carbocycles. The third kappa shape index (κ3) is 3.79. The molecule has 4 aromatic rings. The number of ether oxygens (including phenoxy) is 2. The molecular weight excluding hydrogens is 472 g/mol. The van der Waals surface area contributed by atoms with Gasteiger partial charge in [-0.05, 0) is 57.4 Å². The van der Waals surface area contributed by atoms with Crippen molar-refractivity contribution >= 4 is 32.8 Å². The zero-order valence-corrected chi connectivity index (χ0v) is 19.0. The number of hydrogen-bond donors (Lipinski definition) is 2. The summed E-state index contributed by atoms with van der Waals surface area (Å²) in [7, 11) is 1.64. The van der Waals surface area contributed by atoms with E-state index in [1.54, 1.807) is 13.3 Å². The number of nitrogens with zero attached hydrogens (tertiary/aromatic N) is 4. The molecule has 0 bridgehead atoms. The summed E-state index contributed by atoms with van der Waals surface area (Å²) in [5, 5.41) is 4.07. The summed E-state index contributed by atoms with van der Waals surface area (Å²) in [5.74, 6) is 1.12. The maximum absolute atomic E-state index is 6.26. The molecular formula is C23H21BrN6O2. The highest BCUT2D eigenvalue weighted by molar-refractivity contribution is 9.10. The minimum absolute atomic E-state index is 0.147. The van der Waals surface area contributed by atoms with Crippen LogP contribution in [0.5, 0.6) is 5.75 Å². The fourth-order valence-electron chi connectivity index (χ4n) is 3.92. The van der Waals surface area contributed by atoms with Crippen molar-refractivity contribution in [3.63, 3.8) is 0 Å². The lowest BCUT2D eigenvalue weighted by molar-refractivity contribution is 0.0254. The quantitative estimate of drug-likeness (QED) is 0.443. The number of pyridine rings is 2. The summed E-state index contributed by atoms with van der Waals surface area (Å²) in [5.41, 5.74) is 11.1. The molecule has 0 aliphatic carbocycles. The lowest BCUT2D eigenvalue weighted by Crippen LogP contribution is -2.34. The number of rotatable bonds is 4. The smallest absolute Gasteiger partial charge is 0.165 e. The summed E-state index contributed by atoms with van der Waals surface area (Å²) in [4.78, 5) is 18.1. The van der Waals surface area contributed by atoms with Gasteiger partial charge in [0.2, 0.25) is 0 Å². The van der Waals surface area contributed by atoms with Crippen LogP contribution in [0, 0.1) is 0 Å². The predicted molar refractivity (Wildman–Crippen MR) is 126 cm³/mol. The van der Waals surface area contributed by atoms with Gasteiger partial charge in [0.25, 0.3) is 0 Å². The lowest BCUT2D eigenvalue weighted by Gasteiger charge is -2.25. The van der Waals surface area contributed by atoms with Crippen molar-refractivity contribution in [2.45, 2.75) is 6.10 Å². The van der Waals surface area contributed by atoms with Gasteiger partial charge in [-0.1, -0.05) is 6.07 Å². The van der Waals surface area contributed by atoms with E-state index in [2.05, 4.69) is 36.2 Å². The summed E-state index contributed by atoms with van der Waals surface area (Å²) < 4.78 is 12.2. The number of nitrogens with two attached hydrogens (primary N) is 1. The molecule has 162 valence electrons. The first-order valence-electron chi connectivity index (χ1n) is 10.2. The Hall–Kier alpha value is -3.14. The number of nitrogens with one attached hydrogen (secondary N) is 1. The summed E-state index contributed by atoms with van der Waals surface area (Å²) in [6, 6.07) is 11.8. The van der Waals surface area contributed by atoms with E-state index in [1.165, 1.54) is 6.33 Å². The van der Waals surface area contributed by atoms with Crippen LogP contribution in [0.4, 0.5) is 5.82 Å². The highest BCUT2D eigenvalue weighted by atomic mass is 79.9. The molecule has 1 atom stereocenters. The Balaban J connectivity index is 1.73. The molecule has 1 unspecified atom stereocenters. The molecule has 32 heavy (non-hydrogen) atoms. The molecule has 1 aromatic carbocycles. The van der Waals surface area contributed by atoms with Crippen LogP contribution in [0.2, 0.25) is 0 Å². The van der Waals surface area contributed by atoms with Crippen LogP contribution in [0.3, 0.4) is 0 Å². The second-order valence-electron chi connectivity index (χ2n) is 7.36. The van der Waals surface area contributed by atoms with Crippen molar-refractivity contribution in [3.05, 3.63) is 59.1 Å². The largest absolute Gasteiger partial charge is 0.496 e. The van der Waals surface area contributed by atoms with Gasteiger partial charge in [-0.2, -0.15) is 0 Å². The Bertz CT molecular complexity index is 1290. The maximum Gasteiger partial charge on any atom is 0.165 e. The Morgan fingerprint density at radius 2 is 2.06 bits per heavy atom. The van der Waals surface area contributed by atoms with E-state index in [4.69, 9.17) is 20.2 Å². The van der Waals surface area contributed by atoms with Gasteiger partial charge in [-0.3, -0.25) is 4.98 Å². The molecule has 5 rings (SSSR count). The van der Waals surface area contributed by atoms with E-state index in [0.717, 1.165) is 44.8 Å². The van der Waals surface area contributed by atoms with E-state index in [-0.39, 0.29) is 6.10 Å². The molecule has 1 saturated heterocycles. The third-order valence-electron chi connectivity index (χ3n) is 5.44. The number of halogens is 1. The zero-order valence-electron chi connectivity index (χ0n) is 17.4. The predicted octanol–water partition coefficient (Wildman–Crippen LogP) is 3.77. The first kappa shape index (κ1) is 20.7. The number of aromatic nitrogens is 4. The molecule has 1 aliphatic rings. The average Bonchev–Trinajstić information content (AvgIpc) is 2.84. The Labute approximate surface area is 193 Å². The lowest BCUT2D eigenvalue weighted by atomic mass is 9.98. The van der Waals surface area contributed by atoms with Gasteiger partial charge in [-0.15, -0.1) is 0 Å². The number of hydrogen-bond acceptors (Lipinski definition) is 8. The molecule has 3 N–H and O–H groups in total. The maximum atomic E-state index is 6.26. The summed E-state index contributed by atoms with van der Waals surface area (Å²) >= 11 is 3.58. The SMILES string of the molecule is COc1ccc(-c2cc(-c3cccnc3C3CNCCO3)nc3ncnc(N)c23)cc1Br. The Morgan fingerprint density at radius 3 is 2.84 bits per heavy atom. The fourth-order valence-corrected chi connectivity index (χ4v) is 4.46. The van der Waals surface area contributed by atoms with Gasteiger partial charge < -0.3 is 20.5 Å². The number of benzene rings is 1. The van der Waals surface area contributed by atoms with Gasteiger partial charge in [0.05, 0.1) is 35.0 Å². The number of nitrogen functional groups attached to an aromatic ring is 1. The monoisotopic (exact) mass is 492 g/mol. The zero-order chi connectivity index (χ0) is 22.1. The van der Waals surface area contributed by atoms with Crippen LogP contribution in [0.1, 0.15) is 11.8 Å². The highest BCUT2D eigenvalue weighted by Crippen LogP contribution is 2.38. The van der Waals surface area contributed by atoms with Crippen molar-refractivity contribution in [2.24, 2.45) is 0 Å². The Morgan fingerprint density at radius 1 is 1.16 bits per heavy atom. The molecule has 0 spiro atoms. The van der Waals surface area contributed by atoms with Crippen LogP contribution in [0.25, 0.3) is 33.4 Å². The number of fused-ring (bicyclic) bond motifs is 1. The minimum Gasteiger partial charge on any atom is -0.496 e. The van der Waals surface area contributed by atoms with Gasteiger partial charge in [0, 0.05) is 24.8 Å². The van der Waals surface area contributed by atoms with E-state index in [9.17, 15) is 0 Å². The van der Waals surface area contributed by atoms with Gasteiger partial charge in [0.15, 0.2) is 5.65 Å². The number of methoxy groups -OCH3 is 1. The van der Waals surface area contributed by atoms with Crippen molar-refractivity contribution in [2.75, 3.05) is 32.5 Å². The first-order valence-corrected chi connectivity index (χ1v) is 11.0. The number of morpholine rings is 1. The molecule has 9 heteroatoms. The standard InChI is InChI=1S/C23H21BrN6O2/c1-31-18-5-4-13(9-16(18)24)15-10-17(30-23-20(15)22(25)28-12-29-23)14-3-2-6-27-21(14)19-11-26-7-8-32-19/h2-6,9-10,12,19,26H,7-8,11H2,1H3,(H2,25,28,29,30). The minimum atomic E-state index is -0.147. The molecule has 0 radical (unpaired) electrons. The van der Waals surface area contributed by atoms with E-state index in [1.807, 2.05) is 36.4 Å². The van der Waals surface area contributed by atoms with E-state index < -0.39 is 0 Å². The third-order valence-corrected chi connectivity index (χ3v) is 6.06. The van der Waals surface area contributed by atoms with Crippen LogP contribution in [-0.4, -0.2) is 46.7 Å². The second kappa shape index (κ2) is 8.78. The van der Waals surface area contributed by atoms with Gasteiger partial charge >= 0.3 is 0 Å². The van der Waals surface area contributed by atoms with Crippen molar-refractivity contribution < 1.29 is 9.47 Å². The number of anilines is 1. The van der Waals surface area contributed by atoms with Gasteiger partial charge in [-0.25, -0.2) is 15.0 Å². The topological polar surface area (TPSA) is 108 Å². The average molecular weight is 493 g/mol. The van der Waals surface area contributed by atoms with Crippen molar-refractivity contribution in [1.29, 1.82) is 0 Å². The van der Waals surface area contributed by atoms with Crippen LogP contribution in [0.15, 0.2) is 53.4 Å². The van der Waals surface area contributed by atoms with Crippen LogP contribution >= 0.6 is 15.9 Å². The molecule has 1 fully saturated rings. The molecule has 0 amide bonds. The van der Waals surface area contributed by atoms with Crippen LogP contribution < -0.4 is 15.8 Å². The normalized spacial score (nSPS) is 16.2. The molecule has 3 aromatic heterocycles. The Kier molecular flexibility index (Phi) is 5.69. The highest BCUT2D eigenvalue weighted by Gasteiger charge is 2.23. The first-order chi connectivity index (χ1) is 15.7. The molecule has 1 aliphatic heterocycles. The fraction of sp³-hybridized carbons (Fsp3) is 0.217. The van der Waals surface area contributed by atoms with Crippen LogP contribution in [-0.2, 0) is 4.74 Å². The van der Waals surface area contributed by atoms with Crippen molar-refractivity contribution in [1.82, 2.24) is 25.3 Å². The van der Waals surface area contributed by atoms with Gasteiger partial charge in [0.1, 0.15) is 24.0 Å². The van der Waals surface area contributed by atoms with E-state index in [0.29, 0.717) is 30.0 Å². The molecule has 8 nitrogen and oxygen atoms in total. The summed E-state index contributed by atoms with van der Waals surface area (Å²) in [6.07, 6.45) is 3.06.